The number of rotatable bonds is 5. The van der Waals surface area contributed by atoms with E-state index in [2.05, 4.69) is 15.9 Å². The van der Waals surface area contributed by atoms with Crippen molar-refractivity contribution >= 4 is 11.6 Å². The van der Waals surface area contributed by atoms with Crippen molar-refractivity contribution in [3.8, 4) is 5.75 Å². The van der Waals surface area contributed by atoms with Crippen molar-refractivity contribution < 1.29 is 14.6 Å². The average Bonchev–Trinajstić information content (AvgIpc) is 2.86. The summed E-state index contributed by atoms with van der Waals surface area (Å²) in [6.45, 7) is 8.63. The predicted octanol–water partition coefficient (Wildman–Crippen LogP) is 2.01. The molecule has 2 atom stereocenters. The van der Waals surface area contributed by atoms with Gasteiger partial charge in [0.1, 0.15) is 5.75 Å². The van der Waals surface area contributed by atoms with Crippen molar-refractivity contribution in [3.63, 3.8) is 0 Å². The van der Waals surface area contributed by atoms with Crippen molar-refractivity contribution in [3.05, 3.63) is 28.8 Å². The van der Waals surface area contributed by atoms with Crippen LogP contribution in [-0.2, 0) is 11.3 Å². The number of aliphatic hydroxyl groups excluding tert-OH is 1. The number of halogens is 1. The van der Waals surface area contributed by atoms with Gasteiger partial charge in [-0.3, -0.25) is 9.80 Å². The van der Waals surface area contributed by atoms with E-state index in [9.17, 15) is 5.11 Å². The van der Waals surface area contributed by atoms with Crippen LogP contribution in [0.25, 0.3) is 0 Å². The van der Waals surface area contributed by atoms with Crippen molar-refractivity contribution in [2.24, 2.45) is 0 Å². The summed E-state index contributed by atoms with van der Waals surface area (Å²) < 4.78 is 10.9. The topological polar surface area (TPSA) is 45.2 Å². The Labute approximate surface area is 149 Å². The molecule has 0 radical (unpaired) electrons. The minimum atomic E-state index is -0.346. The SMILES string of the molecule is CCOc1ccc(CN2CCCN([C@@H]3COC[C@H]3O)CC2)cc1Cl. The van der Waals surface area contributed by atoms with Gasteiger partial charge in [0.15, 0.2) is 0 Å². The quantitative estimate of drug-likeness (QED) is 0.876. The second kappa shape index (κ2) is 8.50. The Bertz CT molecular complexity index is 543. The molecule has 2 heterocycles. The van der Waals surface area contributed by atoms with Gasteiger partial charge < -0.3 is 14.6 Å². The molecule has 2 saturated heterocycles. The van der Waals surface area contributed by atoms with Gasteiger partial charge >= 0.3 is 0 Å². The lowest BCUT2D eigenvalue weighted by Gasteiger charge is -2.28. The van der Waals surface area contributed by atoms with Crippen LogP contribution in [0.1, 0.15) is 18.9 Å². The van der Waals surface area contributed by atoms with Gasteiger partial charge in [-0.15, -0.1) is 0 Å². The lowest BCUT2D eigenvalue weighted by molar-refractivity contribution is 0.0837. The molecule has 6 heteroatoms. The van der Waals surface area contributed by atoms with E-state index in [0.29, 0.717) is 24.8 Å². The third-order valence-corrected chi connectivity index (χ3v) is 5.11. The minimum Gasteiger partial charge on any atom is -0.492 e. The van der Waals surface area contributed by atoms with E-state index in [1.54, 1.807) is 0 Å². The highest BCUT2D eigenvalue weighted by molar-refractivity contribution is 6.32. The molecule has 0 aromatic heterocycles. The molecule has 2 fully saturated rings. The third kappa shape index (κ3) is 4.41. The molecule has 134 valence electrons. The highest BCUT2D eigenvalue weighted by Gasteiger charge is 2.32. The van der Waals surface area contributed by atoms with E-state index in [1.165, 1.54) is 5.56 Å². The summed E-state index contributed by atoms with van der Waals surface area (Å²) in [4.78, 5) is 4.83. The second-order valence-corrected chi connectivity index (χ2v) is 6.94. The van der Waals surface area contributed by atoms with Gasteiger partial charge in [-0.1, -0.05) is 17.7 Å². The number of benzene rings is 1. The van der Waals surface area contributed by atoms with E-state index in [0.717, 1.165) is 44.9 Å². The Morgan fingerprint density at radius 3 is 2.83 bits per heavy atom. The largest absolute Gasteiger partial charge is 0.492 e. The average molecular weight is 355 g/mol. The molecule has 5 nitrogen and oxygen atoms in total. The molecule has 24 heavy (non-hydrogen) atoms. The van der Waals surface area contributed by atoms with Gasteiger partial charge in [0.25, 0.3) is 0 Å². The van der Waals surface area contributed by atoms with Crippen LogP contribution in [0.4, 0.5) is 0 Å². The van der Waals surface area contributed by atoms with Crippen molar-refractivity contribution in [1.29, 1.82) is 0 Å². The highest BCUT2D eigenvalue weighted by atomic mass is 35.5. The summed E-state index contributed by atoms with van der Waals surface area (Å²) >= 11 is 6.29. The van der Waals surface area contributed by atoms with Crippen LogP contribution in [-0.4, -0.2) is 73.1 Å². The first-order valence-corrected chi connectivity index (χ1v) is 9.18. The Balaban J connectivity index is 1.55. The van der Waals surface area contributed by atoms with E-state index >= 15 is 0 Å². The molecular weight excluding hydrogens is 328 g/mol. The number of hydrogen-bond acceptors (Lipinski definition) is 5. The third-order valence-electron chi connectivity index (χ3n) is 4.82. The summed E-state index contributed by atoms with van der Waals surface area (Å²) in [5.74, 6) is 0.750. The fourth-order valence-corrected chi connectivity index (χ4v) is 3.79. The van der Waals surface area contributed by atoms with Gasteiger partial charge in [-0.2, -0.15) is 0 Å². The van der Waals surface area contributed by atoms with Gasteiger partial charge in [0, 0.05) is 19.6 Å². The van der Waals surface area contributed by atoms with Gasteiger partial charge in [-0.25, -0.2) is 0 Å². The Morgan fingerprint density at radius 1 is 1.25 bits per heavy atom. The van der Waals surface area contributed by atoms with Crippen LogP contribution >= 0.6 is 11.6 Å². The predicted molar refractivity (Wildman–Crippen MR) is 94.7 cm³/mol. The lowest BCUT2D eigenvalue weighted by atomic mass is 10.2. The molecule has 1 aromatic rings. The Kier molecular flexibility index (Phi) is 6.36. The summed E-state index contributed by atoms with van der Waals surface area (Å²) in [6.07, 6.45) is 0.759. The molecule has 0 spiro atoms. The van der Waals surface area contributed by atoms with E-state index < -0.39 is 0 Å². The monoisotopic (exact) mass is 354 g/mol. The molecule has 0 bridgehead atoms. The van der Waals surface area contributed by atoms with E-state index in [4.69, 9.17) is 21.1 Å². The maximum Gasteiger partial charge on any atom is 0.137 e. The maximum absolute atomic E-state index is 10.0. The Hall–Kier alpha value is -0.850. The van der Waals surface area contributed by atoms with Crippen LogP contribution < -0.4 is 4.74 Å². The zero-order valence-electron chi connectivity index (χ0n) is 14.3. The van der Waals surface area contributed by atoms with Crippen LogP contribution in [0.3, 0.4) is 0 Å². The minimum absolute atomic E-state index is 0.157. The summed E-state index contributed by atoms with van der Waals surface area (Å²) in [5.41, 5.74) is 1.21. The van der Waals surface area contributed by atoms with Gasteiger partial charge in [0.2, 0.25) is 0 Å². The maximum atomic E-state index is 10.0. The van der Waals surface area contributed by atoms with Crippen LogP contribution in [0.2, 0.25) is 5.02 Å². The van der Waals surface area contributed by atoms with E-state index in [1.807, 2.05) is 19.1 Å². The first kappa shape index (κ1) is 18.0. The molecule has 1 N–H and O–H groups in total. The molecule has 0 unspecified atom stereocenters. The van der Waals surface area contributed by atoms with Crippen LogP contribution in [0.15, 0.2) is 18.2 Å². The number of hydrogen-bond donors (Lipinski definition) is 1. The normalized spacial score (nSPS) is 26.5. The van der Waals surface area contributed by atoms with Crippen molar-refractivity contribution in [2.75, 3.05) is 46.0 Å². The second-order valence-electron chi connectivity index (χ2n) is 6.54. The van der Waals surface area contributed by atoms with Crippen molar-refractivity contribution in [2.45, 2.75) is 32.0 Å². The molecular formula is C18H27ClN2O3. The summed E-state index contributed by atoms with van der Waals surface area (Å²) in [5, 5.41) is 10.7. The first-order chi connectivity index (χ1) is 11.7. The van der Waals surface area contributed by atoms with Crippen LogP contribution in [0.5, 0.6) is 5.75 Å². The highest BCUT2D eigenvalue weighted by Crippen LogP contribution is 2.26. The molecule has 3 rings (SSSR count). The first-order valence-electron chi connectivity index (χ1n) is 8.81. The molecule has 0 amide bonds. The summed E-state index contributed by atoms with van der Waals surface area (Å²) in [7, 11) is 0. The molecule has 0 aliphatic carbocycles. The zero-order chi connectivity index (χ0) is 16.9. The molecule has 2 aliphatic rings. The molecule has 2 aliphatic heterocycles. The van der Waals surface area contributed by atoms with Gasteiger partial charge in [0.05, 0.1) is 37.0 Å². The Morgan fingerprint density at radius 2 is 2.12 bits per heavy atom. The van der Waals surface area contributed by atoms with Crippen LogP contribution in [0, 0.1) is 0 Å². The fraction of sp³-hybridized carbons (Fsp3) is 0.667. The standard InChI is InChI=1S/C18H27ClN2O3/c1-2-24-18-5-4-14(10-15(18)19)11-20-6-3-7-21(9-8-20)16-12-23-13-17(16)22/h4-5,10,16-17,22H,2-3,6-9,11-13H2,1H3/t16-,17-/m1/s1. The van der Waals surface area contributed by atoms with E-state index in [-0.39, 0.29) is 12.1 Å². The number of nitrogens with zero attached hydrogens (tertiary/aromatic N) is 2. The molecule has 1 aromatic carbocycles. The van der Waals surface area contributed by atoms with Crippen molar-refractivity contribution in [1.82, 2.24) is 9.80 Å². The molecule has 0 saturated carbocycles. The number of aliphatic hydroxyl groups is 1. The number of ether oxygens (including phenoxy) is 2. The lowest BCUT2D eigenvalue weighted by Crippen LogP contribution is -2.44. The zero-order valence-corrected chi connectivity index (χ0v) is 15.0. The smallest absolute Gasteiger partial charge is 0.137 e. The summed E-state index contributed by atoms with van der Waals surface area (Å²) in [6, 6.07) is 6.21. The van der Waals surface area contributed by atoms with Gasteiger partial charge in [-0.05, 0) is 44.1 Å². The fourth-order valence-electron chi connectivity index (χ4n) is 3.53.